The summed E-state index contributed by atoms with van der Waals surface area (Å²) in [7, 11) is 1.31. The van der Waals surface area contributed by atoms with Crippen LogP contribution in [-0.2, 0) is 6.54 Å². The van der Waals surface area contributed by atoms with Crippen LogP contribution in [-0.4, -0.2) is 24.6 Å². The number of amides is 1. The van der Waals surface area contributed by atoms with Crippen LogP contribution in [0.25, 0.3) is 0 Å². The number of hydrogen-bond acceptors (Lipinski definition) is 5. The standard InChI is InChI=1S/C14H14F2N2O3S/c1-8-7-22-12(18-8)6-17-13(19)9-3-4-10(21-14(15)16)11(5-9)20-2/h3-5,7,14H,6H2,1-2H3,(H,17,19). The number of carbonyl (C=O) groups is 1. The summed E-state index contributed by atoms with van der Waals surface area (Å²) in [5, 5.41) is 5.38. The van der Waals surface area contributed by atoms with Gasteiger partial charge >= 0.3 is 6.61 Å². The van der Waals surface area contributed by atoms with E-state index in [1.54, 1.807) is 0 Å². The summed E-state index contributed by atoms with van der Waals surface area (Å²) in [6, 6.07) is 4.01. The minimum atomic E-state index is -2.96. The molecule has 0 aliphatic rings. The van der Waals surface area contributed by atoms with E-state index in [4.69, 9.17) is 4.74 Å². The summed E-state index contributed by atoms with van der Waals surface area (Å²) < 4.78 is 33.7. The van der Waals surface area contributed by atoms with E-state index in [2.05, 4.69) is 15.0 Å². The van der Waals surface area contributed by atoms with Gasteiger partial charge in [0.15, 0.2) is 11.5 Å². The average Bonchev–Trinajstić information content (AvgIpc) is 2.90. The van der Waals surface area contributed by atoms with Crippen LogP contribution in [0, 0.1) is 6.92 Å². The zero-order chi connectivity index (χ0) is 16.1. The van der Waals surface area contributed by atoms with Gasteiger partial charge in [0.05, 0.1) is 13.7 Å². The Hall–Kier alpha value is -2.22. The molecule has 1 heterocycles. The maximum Gasteiger partial charge on any atom is 0.387 e. The highest BCUT2D eigenvalue weighted by Gasteiger charge is 2.14. The average molecular weight is 328 g/mol. The Morgan fingerprint density at radius 1 is 1.41 bits per heavy atom. The minimum Gasteiger partial charge on any atom is -0.493 e. The number of hydrogen-bond donors (Lipinski definition) is 1. The lowest BCUT2D eigenvalue weighted by molar-refractivity contribution is -0.0512. The summed E-state index contributed by atoms with van der Waals surface area (Å²) in [5.74, 6) is -0.405. The van der Waals surface area contributed by atoms with E-state index in [-0.39, 0.29) is 23.0 Å². The van der Waals surface area contributed by atoms with Gasteiger partial charge in [0.1, 0.15) is 5.01 Å². The van der Waals surface area contributed by atoms with E-state index in [0.717, 1.165) is 10.7 Å². The number of alkyl halides is 2. The van der Waals surface area contributed by atoms with Crippen LogP contribution in [0.15, 0.2) is 23.6 Å². The second-order valence-corrected chi connectivity index (χ2v) is 5.25. The summed E-state index contributed by atoms with van der Waals surface area (Å²) >= 11 is 1.45. The lowest BCUT2D eigenvalue weighted by atomic mass is 10.2. The molecule has 0 unspecified atom stereocenters. The van der Waals surface area contributed by atoms with Crippen molar-refractivity contribution in [2.24, 2.45) is 0 Å². The number of carbonyl (C=O) groups excluding carboxylic acids is 1. The third-order valence-electron chi connectivity index (χ3n) is 2.71. The SMILES string of the molecule is COc1cc(C(=O)NCc2nc(C)cs2)ccc1OC(F)F. The van der Waals surface area contributed by atoms with Crippen molar-refractivity contribution in [2.75, 3.05) is 7.11 Å². The van der Waals surface area contributed by atoms with E-state index in [1.165, 1.54) is 36.6 Å². The molecule has 8 heteroatoms. The summed E-state index contributed by atoms with van der Waals surface area (Å²) in [6.45, 7) is -0.787. The molecule has 1 N–H and O–H groups in total. The largest absolute Gasteiger partial charge is 0.493 e. The van der Waals surface area contributed by atoms with Gasteiger partial charge in [-0.1, -0.05) is 0 Å². The number of ether oxygens (including phenoxy) is 2. The van der Waals surface area contributed by atoms with E-state index in [9.17, 15) is 13.6 Å². The topological polar surface area (TPSA) is 60.5 Å². The molecular formula is C14H14F2N2O3S. The third-order valence-corrected chi connectivity index (χ3v) is 3.68. The van der Waals surface area contributed by atoms with Crippen molar-refractivity contribution in [1.29, 1.82) is 0 Å². The first-order valence-electron chi connectivity index (χ1n) is 6.31. The van der Waals surface area contributed by atoms with Crippen molar-refractivity contribution >= 4 is 17.2 Å². The fraction of sp³-hybridized carbons (Fsp3) is 0.286. The van der Waals surface area contributed by atoms with E-state index in [0.29, 0.717) is 6.54 Å². The molecule has 0 spiro atoms. The molecule has 0 fully saturated rings. The molecule has 1 amide bonds. The minimum absolute atomic E-state index is 0.0676. The fourth-order valence-corrected chi connectivity index (χ4v) is 2.46. The Labute approximate surface area is 129 Å². The highest BCUT2D eigenvalue weighted by molar-refractivity contribution is 7.09. The van der Waals surface area contributed by atoms with Crippen LogP contribution >= 0.6 is 11.3 Å². The zero-order valence-corrected chi connectivity index (χ0v) is 12.7. The number of nitrogens with one attached hydrogen (secondary N) is 1. The highest BCUT2D eigenvalue weighted by atomic mass is 32.1. The van der Waals surface area contributed by atoms with Gasteiger partial charge in [0, 0.05) is 16.6 Å². The Morgan fingerprint density at radius 3 is 2.77 bits per heavy atom. The van der Waals surface area contributed by atoms with Gasteiger partial charge in [0.2, 0.25) is 0 Å². The zero-order valence-electron chi connectivity index (χ0n) is 11.9. The van der Waals surface area contributed by atoms with Crippen LogP contribution in [0.2, 0.25) is 0 Å². The van der Waals surface area contributed by atoms with Crippen LogP contribution in [0.4, 0.5) is 8.78 Å². The van der Waals surface area contributed by atoms with Crippen molar-refractivity contribution in [2.45, 2.75) is 20.1 Å². The van der Waals surface area contributed by atoms with Crippen molar-refractivity contribution in [3.05, 3.63) is 39.8 Å². The molecule has 0 radical (unpaired) electrons. The Kier molecular flexibility index (Phi) is 5.26. The predicted molar refractivity (Wildman–Crippen MR) is 77.6 cm³/mol. The second kappa shape index (κ2) is 7.17. The first-order valence-corrected chi connectivity index (χ1v) is 7.19. The van der Waals surface area contributed by atoms with Crippen LogP contribution < -0.4 is 14.8 Å². The van der Waals surface area contributed by atoms with Crippen LogP contribution in [0.5, 0.6) is 11.5 Å². The smallest absolute Gasteiger partial charge is 0.387 e. The lowest BCUT2D eigenvalue weighted by Crippen LogP contribution is -2.22. The molecule has 1 aromatic heterocycles. The first-order chi connectivity index (χ1) is 10.5. The number of aryl methyl sites for hydroxylation is 1. The van der Waals surface area contributed by atoms with E-state index >= 15 is 0 Å². The number of rotatable bonds is 6. The molecule has 1 aromatic carbocycles. The molecule has 0 bridgehead atoms. The van der Waals surface area contributed by atoms with Crippen LogP contribution in [0.3, 0.4) is 0 Å². The lowest BCUT2D eigenvalue weighted by Gasteiger charge is -2.11. The Morgan fingerprint density at radius 2 is 2.18 bits per heavy atom. The van der Waals surface area contributed by atoms with E-state index in [1.807, 2.05) is 12.3 Å². The molecule has 0 saturated carbocycles. The quantitative estimate of drug-likeness (QED) is 0.885. The molecule has 22 heavy (non-hydrogen) atoms. The third kappa shape index (κ3) is 4.14. The molecule has 5 nitrogen and oxygen atoms in total. The Bertz CT molecular complexity index is 661. The molecule has 0 saturated heterocycles. The Balaban J connectivity index is 2.06. The van der Waals surface area contributed by atoms with Gasteiger partial charge in [0.25, 0.3) is 5.91 Å². The maximum atomic E-state index is 12.2. The summed E-state index contributed by atoms with van der Waals surface area (Å²) in [4.78, 5) is 16.3. The normalized spacial score (nSPS) is 10.6. The first kappa shape index (κ1) is 16.2. The van der Waals surface area contributed by atoms with E-state index < -0.39 is 6.61 Å². The maximum absolute atomic E-state index is 12.2. The molecule has 0 aliphatic carbocycles. The van der Waals surface area contributed by atoms with Crippen molar-refractivity contribution in [3.8, 4) is 11.5 Å². The molecule has 0 aliphatic heterocycles. The summed E-state index contributed by atoms with van der Waals surface area (Å²) in [6.07, 6.45) is 0. The number of methoxy groups -OCH3 is 1. The van der Waals surface area contributed by atoms with Gasteiger partial charge in [-0.15, -0.1) is 11.3 Å². The van der Waals surface area contributed by atoms with Gasteiger partial charge in [-0.05, 0) is 25.1 Å². The van der Waals surface area contributed by atoms with Gasteiger partial charge in [-0.25, -0.2) is 4.98 Å². The highest BCUT2D eigenvalue weighted by Crippen LogP contribution is 2.29. The summed E-state index contributed by atoms with van der Waals surface area (Å²) in [5.41, 5.74) is 1.18. The number of thiazole rings is 1. The molecule has 118 valence electrons. The second-order valence-electron chi connectivity index (χ2n) is 4.31. The van der Waals surface area contributed by atoms with Crippen molar-refractivity contribution in [3.63, 3.8) is 0 Å². The van der Waals surface area contributed by atoms with Gasteiger partial charge in [-0.2, -0.15) is 8.78 Å². The predicted octanol–water partition coefficient (Wildman–Crippen LogP) is 2.99. The molecule has 2 rings (SSSR count). The van der Waals surface area contributed by atoms with Gasteiger partial charge < -0.3 is 14.8 Å². The number of nitrogens with zero attached hydrogens (tertiary/aromatic N) is 1. The van der Waals surface area contributed by atoms with Crippen LogP contribution in [0.1, 0.15) is 21.1 Å². The number of benzene rings is 1. The molecule has 2 aromatic rings. The fourth-order valence-electron chi connectivity index (χ4n) is 1.74. The molecule has 0 atom stereocenters. The molecular weight excluding hydrogens is 314 g/mol. The van der Waals surface area contributed by atoms with Gasteiger partial charge in [-0.3, -0.25) is 4.79 Å². The van der Waals surface area contributed by atoms with Crippen molar-refractivity contribution in [1.82, 2.24) is 10.3 Å². The number of aromatic nitrogens is 1. The number of halogens is 2. The van der Waals surface area contributed by atoms with Crippen molar-refractivity contribution < 1.29 is 23.0 Å². The monoisotopic (exact) mass is 328 g/mol.